The number of H-pyrrole nitrogens is 1. The molecule has 0 atom stereocenters. The van der Waals surface area contributed by atoms with Crippen LogP contribution in [-0.4, -0.2) is 46.5 Å². The molecule has 2 heterocycles. The number of aromatic amines is 1. The third kappa shape index (κ3) is 5.00. The number of imidazole rings is 1. The van der Waals surface area contributed by atoms with E-state index in [1.54, 1.807) is 6.33 Å². The van der Waals surface area contributed by atoms with E-state index in [0.717, 1.165) is 22.1 Å². The van der Waals surface area contributed by atoms with Crippen molar-refractivity contribution < 1.29 is 18.8 Å². The summed E-state index contributed by atoms with van der Waals surface area (Å²) in [7, 11) is -0.576. The van der Waals surface area contributed by atoms with Gasteiger partial charge in [-0.3, -0.25) is 0 Å². The summed E-state index contributed by atoms with van der Waals surface area (Å²) in [6.45, 7) is 13.7. The zero-order valence-corrected chi connectivity index (χ0v) is 18.3. The molecule has 1 aromatic carbocycles. The van der Waals surface area contributed by atoms with E-state index >= 15 is 0 Å². The van der Waals surface area contributed by atoms with Gasteiger partial charge in [-0.2, -0.15) is 0 Å². The highest BCUT2D eigenvalue weighted by Gasteiger charge is 2.52. The molecule has 0 saturated carbocycles. The molecule has 1 aromatic heterocycles. The lowest BCUT2D eigenvalue weighted by atomic mass is 9.77. The fourth-order valence-electron chi connectivity index (χ4n) is 2.94. The second-order valence-corrected chi connectivity index (χ2v) is 9.34. The van der Waals surface area contributed by atoms with Crippen molar-refractivity contribution in [2.45, 2.75) is 65.3 Å². The van der Waals surface area contributed by atoms with Gasteiger partial charge in [-0.05, 0) is 71.6 Å². The maximum absolute atomic E-state index is 12.2. The topological polar surface area (TPSA) is 85.5 Å². The molecule has 1 fully saturated rings. The predicted molar refractivity (Wildman–Crippen MR) is 114 cm³/mol. The largest absolute Gasteiger partial charge is 0.492 e. The van der Waals surface area contributed by atoms with Crippen molar-refractivity contribution in [3.8, 4) is 0 Å². The van der Waals surface area contributed by atoms with Gasteiger partial charge in [0.05, 0.1) is 28.6 Å². The minimum absolute atomic E-state index is 0.243. The first-order valence-electron chi connectivity index (χ1n) is 9.82. The number of hydrogen-bond donors (Lipinski definition) is 2. The molecule has 1 aliphatic heterocycles. The molecule has 1 aliphatic rings. The van der Waals surface area contributed by atoms with Crippen LogP contribution in [0, 0.1) is 0 Å². The van der Waals surface area contributed by atoms with Crippen molar-refractivity contribution in [2.75, 3.05) is 6.54 Å². The van der Waals surface area contributed by atoms with Crippen LogP contribution in [0.15, 0.2) is 30.0 Å². The van der Waals surface area contributed by atoms with Gasteiger partial charge in [0.1, 0.15) is 5.60 Å². The molecule has 0 bridgehead atoms. The van der Waals surface area contributed by atoms with E-state index in [9.17, 15) is 4.79 Å². The number of rotatable bonds is 4. The van der Waals surface area contributed by atoms with Crippen LogP contribution in [-0.2, 0) is 14.0 Å². The lowest BCUT2D eigenvalue weighted by molar-refractivity contribution is 0.00578. The van der Waals surface area contributed by atoms with Crippen LogP contribution in [0.5, 0.6) is 0 Å². The molecule has 156 valence electrons. The highest BCUT2D eigenvalue weighted by Crippen LogP contribution is 2.38. The summed E-state index contributed by atoms with van der Waals surface area (Å²) in [5.74, 6) is 0. The fraction of sp³-hybridized carbons (Fsp3) is 0.524. The second kappa shape index (κ2) is 7.50. The van der Waals surface area contributed by atoms with Crippen molar-refractivity contribution in [3.63, 3.8) is 0 Å². The van der Waals surface area contributed by atoms with E-state index in [2.05, 4.69) is 15.3 Å². The summed E-state index contributed by atoms with van der Waals surface area (Å²) in [6, 6.07) is 5.92. The van der Waals surface area contributed by atoms with Gasteiger partial charge in [0, 0.05) is 6.54 Å². The summed E-state index contributed by atoms with van der Waals surface area (Å²) in [5, 5.41) is 2.81. The van der Waals surface area contributed by atoms with Crippen molar-refractivity contribution >= 4 is 30.3 Å². The maximum Gasteiger partial charge on any atom is 0.492 e. The first-order chi connectivity index (χ1) is 13.4. The zero-order chi connectivity index (χ0) is 21.4. The molecule has 2 aromatic rings. The van der Waals surface area contributed by atoms with Crippen molar-refractivity contribution in [3.05, 3.63) is 35.6 Å². The Morgan fingerprint density at radius 2 is 1.90 bits per heavy atom. The molecule has 0 radical (unpaired) electrons. The average molecular weight is 399 g/mol. The van der Waals surface area contributed by atoms with E-state index in [0.29, 0.717) is 0 Å². The number of benzene rings is 1. The summed E-state index contributed by atoms with van der Waals surface area (Å²) in [6.07, 6.45) is 3.15. The Balaban J connectivity index is 1.86. The van der Waals surface area contributed by atoms with E-state index in [1.807, 2.05) is 72.7 Å². The van der Waals surface area contributed by atoms with Crippen LogP contribution < -0.4 is 5.32 Å². The number of carbonyl (C=O) groups is 1. The number of ether oxygens (including phenoxy) is 1. The molecule has 7 nitrogen and oxygen atoms in total. The predicted octanol–water partition coefficient (Wildman–Crippen LogP) is 4.10. The maximum atomic E-state index is 12.2. The Bertz CT molecular complexity index is 911. The Morgan fingerprint density at radius 1 is 1.24 bits per heavy atom. The van der Waals surface area contributed by atoms with E-state index in [-0.39, 0.29) is 6.54 Å². The van der Waals surface area contributed by atoms with Gasteiger partial charge in [-0.1, -0.05) is 12.1 Å². The number of amides is 1. The van der Waals surface area contributed by atoms with Crippen LogP contribution in [0.1, 0.15) is 54.0 Å². The first kappa shape index (κ1) is 21.4. The number of nitrogens with one attached hydrogen (secondary N) is 2. The standard InChI is InChI=1S/C21H30BN3O4/c1-19(2,3)27-18(26)23-12-15(22-28-20(4,5)21(6,7)29-22)10-14-8-9-16-17(11-14)25-13-24-16/h8-11,13H,12H2,1-7H3,(H,23,26)(H,24,25). The van der Waals surface area contributed by atoms with Crippen LogP contribution in [0.3, 0.4) is 0 Å². The molecule has 3 rings (SSSR count). The highest BCUT2D eigenvalue weighted by atomic mass is 16.7. The number of nitrogens with zero attached hydrogens (tertiary/aromatic N) is 1. The van der Waals surface area contributed by atoms with Crippen LogP contribution in [0.4, 0.5) is 4.79 Å². The van der Waals surface area contributed by atoms with Gasteiger partial charge in [-0.15, -0.1) is 0 Å². The minimum Gasteiger partial charge on any atom is -0.444 e. The van der Waals surface area contributed by atoms with Crippen molar-refractivity contribution in [1.29, 1.82) is 0 Å². The number of carbonyl (C=O) groups excluding carboxylic acids is 1. The summed E-state index contributed by atoms with van der Waals surface area (Å²) >= 11 is 0. The van der Waals surface area contributed by atoms with Gasteiger partial charge < -0.3 is 24.3 Å². The Morgan fingerprint density at radius 3 is 2.52 bits per heavy atom. The Kier molecular flexibility index (Phi) is 5.53. The number of fused-ring (bicyclic) bond motifs is 1. The van der Waals surface area contributed by atoms with Crippen molar-refractivity contribution in [2.24, 2.45) is 0 Å². The van der Waals surface area contributed by atoms with Gasteiger partial charge >= 0.3 is 13.2 Å². The average Bonchev–Trinajstić information content (AvgIpc) is 3.11. The number of alkyl carbamates (subject to hydrolysis) is 1. The third-order valence-corrected chi connectivity index (χ3v) is 5.19. The molecule has 29 heavy (non-hydrogen) atoms. The quantitative estimate of drug-likeness (QED) is 0.756. The molecule has 1 saturated heterocycles. The van der Waals surface area contributed by atoms with Crippen LogP contribution >= 0.6 is 0 Å². The molecule has 0 spiro atoms. The van der Waals surface area contributed by atoms with Crippen molar-refractivity contribution in [1.82, 2.24) is 15.3 Å². The number of aromatic nitrogens is 2. The Hall–Kier alpha value is -2.32. The van der Waals surface area contributed by atoms with Gasteiger partial charge in [0.25, 0.3) is 0 Å². The monoisotopic (exact) mass is 399 g/mol. The lowest BCUT2D eigenvalue weighted by Crippen LogP contribution is -2.41. The number of hydrogen-bond acceptors (Lipinski definition) is 5. The molecule has 1 amide bonds. The minimum atomic E-state index is -0.576. The first-order valence-corrected chi connectivity index (χ1v) is 9.82. The molecule has 2 N–H and O–H groups in total. The van der Waals surface area contributed by atoms with E-state index < -0.39 is 30.0 Å². The highest BCUT2D eigenvalue weighted by molar-refractivity contribution is 6.56. The zero-order valence-electron chi connectivity index (χ0n) is 18.3. The summed E-state index contributed by atoms with van der Waals surface area (Å²) in [4.78, 5) is 19.5. The van der Waals surface area contributed by atoms with Crippen LogP contribution in [0.25, 0.3) is 17.1 Å². The molecular weight excluding hydrogens is 369 g/mol. The summed E-state index contributed by atoms with van der Waals surface area (Å²) in [5.41, 5.74) is 2.07. The third-order valence-electron chi connectivity index (χ3n) is 5.19. The lowest BCUT2D eigenvalue weighted by Gasteiger charge is -2.32. The van der Waals surface area contributed by atoms with Gasteiger partial charge in [-0.25, -0.2) is 9.78 Å². The van der Waals surface area contributed by atoms with Gasteiger partial charge in [0.2, 0.25) is 0 Å². The summed E-state index contributed by atoms with van der Waals surface area (Å²) < 4.78 is 17.8. The van der Waals surface area contributed by atoms with Gasteiger partial charge in [0.15, 0.2) is 0 Å². The SMILES string of the molecule is CC(C)(C)OC(=O)NCC(=Cc1ccc2nc[nH]c2c1)B1OC(C)(C)C(C)(C)O1. The molecular formula is C21H30BN3O4. The second-order valence-electron chi connectivity index (χ2n) is 9.34. The fourth-order valence-corrected chi connectivity index (χ4v) is 2.94. The molecule has 8 heteroatoms. The molecule has 0 aliphatic carbocycles. The smallest absolute Gasteiger partial charge is 0.444 e. The Labute approximate surface area is 172 Å². The van der Waals surface area contributed by atoms with E-state index in [4.69, 9.17) is 14.0 Å². The normalized spacial score (nSPS) is 18.9. The van der Waals surface area contributed by atoms with E-state index in [1.165, 1.54) is 0 Å². The van der Waals surface area contributed by atoms with Crippen LogP contribution in [0.2, 0.25) is 0 Å². The molecule has 0 unspecified atom stereocenters.